The van der Waals surface area contributed by atoms with Gasteiger partial charge in [-0.15, -0.1) is 0 Å². The van der Waals surface area contributed by atoms with Gasteiger partial charge in [0.1, 0.15) is 0 Å². The summed E-state index contributed by atoms with van der Waals surface area (Å²) >= 11 is 42.1. The largest absolute Gasteiger partial charge is 0.397 e. The number of benzene rings is 2. The van der Waals surface area contributed by atoms with E-state index in [4.69, 9.17) is 86.9 Å². The number of anilines is 1. The van der Waals surface area contributed by atoms with Crippen LogP contribution in [0.5, 0.6) is 0 Å². The Hall–Kier alpha value is 0.530. The van der Waals surface area contributed by atoms with E-state index in [1.54, 1.807) is 0 Å². The SMILES string of the molecule is Nc1c(Cl)c(Cl)c(Cl)c2c(Cl)c(Cl)c(Cl)c(Cl)c12. The lowest BCUT2D eigenvalue weighted by Gasteiger charge is -2.14. The molecule has 0 fully saturated rings. The van der Waals surface area contributed by atoms with E-state index < -0.39 is 0 Å². The first kappa shape index (κ1) is 14.9. The fourth-order valence-electron chi connectivity index (χ4n) is 1.52. The van der Waals surface area contributed by atoms with Crippen LogP contribution in [0.15, 0.2) is 0 Å². The molecule has 1 nitrogen and oxygen atoms in total. The van der Waals surface area contributed by atoms with Gasteiger partial charge in [-0.05, 0) is 0 Å². The predicted octanol–water partition coefficient (Wildman–Crippen LogP) is 7.00. The molecule has 2 N–H and O–H groups in total. The van der Waals surface area contributed by atoms with Crippen LogP contribution < -0.4 is 5.73 Å². The summed E-state index contributed by atoms with van der Waals surface area (Å²) in [7, 11) is 0. The van der Waals surface area contributed by atoms with E-state index in [-0.39, 0.29) is 40.8 Å². The Kier molecular flexibility index (Phi) is 4.26. The van der Waals surface area contributed by atoms with E-state index in [2.05, 4.69) is 0 Å². The van der Waals surface area contributed by atoms with Crippen molar-refractivity contribution < 1.29 is 0 Å². The molecule has 2 aromatic carbocycles. The zero-order valence-corrected chi connectivity index (χ0v) is 13.5. The van der Waals surface area contributed by atoms with Gasteiger partial charge in [0.25, 0.3) is 0 Å². The average Bonchev–Trinajstić information content (AvgIpc) is 2.35. The third-order valence-electron chi connectivity index (χ3n) is 2.38. The number of hydrogen-bond donors (Lipinski definition) is 1. The lowest BCUT2D eigenvalue weighted by molar-refractivity contribution is 1.71. The number of hydrogen-bond acceptors (Lipinski definition) is 1. The smallest absolute Gasteiger partial charge is 0.0843 e. The Morgan fingerprint density at radius 1 is 0.444 bits per heavy atom. The van der Waals surface area contributed by atoms with Crippen LogP contribution in [0, 0.1) is 0 Å². The number of nitrogens with two attached hydrogens (primary N) is 1. The van der Waals surface area contributed by atoms with Crippen LogP contribution in [-0.2, 0) is 0 Å². The van der Waals surface area contributed by atoms with Crippen LogP contribution in [0.25, 0.3) is 10.8 Å². The number of halogens is 7. The van der Waals surface area contributed by atoms with Gasteiger partial charge in [-0.2, -0.15) is 0 Å². The highest BCUT2D eigenvalue weighted by Gasteiger charge is 2.23. The van der Waals surface area contributed by atoms with Crippen LogP contribution in [0.3, 0.4) is 0 Å². The van der Waals surface area contributed by atoms with Crippen LogP contribution in [0.2, 0.25) is 35.2 Å². The van der Waals surface area contributed by atoms with E-state index >= 15 is 0 Å². The van der Waals surface area contributed by atoms with Gasteiger partial charge in [-0.1, -0.05) is 81.2 Å². The molecule has 0 aliphatic rings. The minimum atomic E-state index is 0.0792. The summed E-state index contributed by atoms with van der Waals surface area (Å²) in [6.45, 7) is 0. The summed E-state index contributed by atoms with van der Waals surface area (Å²) in [5.41, 5.74) is 6.00. The van der Waals surface area contributed by atoms with Crippen molar-refractivity contribution in [2.75, 3.05) is 5.73 Å². The van der Waals surface area contributed by atoms with Crippen molar-refractivity contribution in [1.82, 2.24) is 0 Å². The summed E-state index contributed by atoms with van der Waals surface area (Å²) in [6, 6.07) is 0. The first-order valence-electron chi connectivity index (χ1n) is 4.36. The minimum Gasteiger partial charge on any atom is -0.397 e. The molecule has 96 valence electrons. The highest BCUT2D eigenvalue weighted by Crippen LogP contribution is 2.51. The molecule has 0 radical (unpaired) electrons. The second-order valence-electron chi connectivity index (χ2n) is 3.36. The van der Waals surface area contributed by atoms with Gasteiger partial charge in [0.15, 0.2) is 0 Å². The number of fused-ring (bicyclic) bond motifs is 1. The molecule has 0 bridgehead atoms. The van der Waals surface area contributed by atoms with Crippen LogP contribution in [-0.4, -0.2) is 0 Å². The summed E-state index contributed by atoms with van der Waals surface area (Å²) in [4.78, 5) is 0. The van der Waals surface area contributed by atoms with Gasteiger partial charge >= 0.3 is 0 Å². The second kappa shape index (κ2) is 5.14. The zero-order chi connectivity index (χ0) is 13.8. The van der Waals surface area contributed by atoms with Crippen LogP contribution in [0.4, 0.5) is 5.69 Å². The van der Waals surface area contributed by atoms with Gasteiger partial charge in [0.2, 0.25) is 0 Å². The number of rotatable bonds is 0. The maximum Gasteiger partial charge on any atom is 0.0843 e. The molecule has 0 amide bonds. The summed E-state index contributed by atoms with van der Waals surface area (Å²) in [6.07, 6.45) is 0. The molecule has 0 unspecified atom stereocenters. The van der Waals surface area contributed by atoms with E-state index in [1.165, 1.54) is 0 Å². The van der Waals surface area contributed by atoms with Crippen molar-refractivity contribution in [1.29, 1.82) is 0 Å². The van der Waals surface area contributed by atoms with Crippen LogP contribution >= 0.6 is 81.2 Å². The molecule has 2 rings (SSSR count). The molecule has 0 atom stereocenters. The third-order valence-corrected chi connectivity index (χ3v) is 5.52. The van der Waals surface area contributed by atoms with Gasteiger partial charge in [-0.3, -0.25) is 0 Å². The standard InChI is InChI=1S/C10H2Cl7N/c11-3-1-2(5(13)7(15)6(3)14)10(18)9(17)8(16)4(1)12/h18H2. The van der Waals surface area contributed by atoms with Crippen molar-refractivity contribution >= 4 is 97.7 Å². The van der Waals surface area contributed by atoms with E-state index in [1.807, 2.05) is 0 Å². The molecule has 0 saturated carbocycles. The van der Waals surface area contributed by atoms with E-state index in [0.717, 1.165) is 0 Å². The Labute approximate surface area is 138 Å². The highest BCUT2D eigenvalue weighted by atomic mass is 35.5. The molecule has 8 heteroatoms. The van der Waals surface area contributed by atoms with E-state index in [0.29, 0.717) is 10.8 Å². The van der Waals surface area contributed by atoms with Crippen molar-refractivity contribution in [2.45, 2.75) is 0 Å². The molecule has 18 heavy (non-hydrogen) atoms. The Bertz CT molecular complexity index is 567. The monoisotopic (exact) mass is 381 g/mol. The molecular formula is C10H2Cl7N. The summed E-state index contributed by atoms with van der Waals surface area (Å²) in [5.74, 6) is 0. The van der Waals surface area contributed by atoms with Crippen molar-refractivity contribution in [2.24, 2.45) is 0 Å². The summed E-state index contributed by atoms with van der Waals surface area (Å²) < 4.78 is 0. The maximum absolute atomic E-state index is 6.09. The Morgan fingerprint density at radius 3 is 1.22 bits per heavy atom. The lowest BCUT2D eigenvalue weighted by atomic mass is 10.1. The third kappa shape index (κ3) is 2.01. The Balaban J connectivity index is 3.22. The van der Waals surface area contributed by atoms with Gasteiger partial charge in [0.05, 0.1) is 40.8 Å². The molecule has 0 aromatic heterocycles. The quantitative estimate of drug-likeness (QED) is 0.295. The molecular weight excluding hydrogens is 382 g/mol. The second-order valence-corrected chi connectivity index (χ2v) is 6.01. The highest BCUT2D eigenvalue weighted by molar-refractivity contribution is 6.59. The molecule has 2 aromatic rings. The molecule has 0 saturated heterocycles. The predicted molar refractivity (Wildman–Crippen MR) is 83.4 cm³/mol. The molecule has 0 heterocycles. The fraction of sp³-hybridized carbons (Fsp3) is 0. The maximum atomic E-state index is 6.09. The van der Waals surface area contributed by atoms with Gasteiger partial charge < -0.3 is 5.73 Å². The fourth-order valence-corrected chi connectivity index (χ4v) is 3.34. The lowest BCUT2D eigenvalue weighted by Crippen LogP contribution is -1.93. The zero-order valence-electron chi connectivity index (χ0n) is 8.22. The first-order chi connectivity index (χ1) is 8.29. The van der Waals surface area contributed by atoms with Crippen LogP contribution in [0.1, 0.15) is 0 Å². The molecule has 0 aliphatic carbocycles. The van der Waals surface area contributed by atoms with Crippen molar-refractivity contribution in [3.63, 3.8) is 0 Å². The summed E-state index contributed by atoms with van der Waals surface area (Å²) in [5, 5.41) is 1.35. The first-order valence-corrected chi connectivity index (χ1v) is 7.01. The van der Waals surface area contributed by atoms with Gasteiger partial charge in [0, 0.05) is 10.8 Å². The van der Waals surface area contributed by atoms with Crippen molar-refractivity contribution in [3.05, 3.63) is 35.2 Å². The molecule has 0 aliphatic heterocycles. The Morgan fingerprint density at radius 2 is 0.778 bits per heavy atom. The van der Waals surface area contributed by atoms with Crippen molar-refractivity contribution in [3.8, 4) is 0 Å². The van der Waals surface area contributed by atoms with E-state index in [9.17, 15) is 0 Å². The van der Waals surface area contributed by atoms with Gasteiger partial charge in [-0.25, -0.2) is 0 Å². The topological polar surface area (TPSA) is 26.0 Å². The number of nitrogen functional groups attached to an aromatic ring is 1. The normalized spacial score (nSPS) is 11.3. The molecule has 0 spiro atoms. The minimum absolute atomic E-state index is 0.0792. The average molecular weight is 384 g/mol.